The smallest absolute Gasteiger partial charge is 0.407 e. The van der Waals surface area contributed by atoms with Gasteiger partial charge in [-0.15, -0.1) is 0 Å². The molecule has 0 saturated carbocycles. The molecule has 0 saturated heterocycles. The number of nitrogens with one attached hydrogen (secondary N) is 2. The summed E-state index contributed by atoms with van der Waals surface area (Å²) >= 11 is 0. The van der Waals surface area contributed by atoms with E-state index in [1.54, 1.807) is 6.92 Å². The summed E-state index contributed by atoms with van der Waals surface area (Å²) in [6, 6.07) is 19.1. The zero-order valence-corrected chi connectivity index (χ0v) is 18.4. The highest BCUT2D eigenvalue weighted by molar-refractivity contribution is 5.95. The lowest BCUT2D eigenvalue weighted by Gasteiger charge is -2.16. The number of amides is 2. The normalized spacial score (nSPS) is 12.9. The number of alkyl carbamates (subject to hydrolysis) is 1. The zero-order chi connectivity index (χ0) is 24.2. The lowest BCUT2D eigenvalue weighted by Crippen LogP contribution is -2.35. The van der Waals surface area contributed by atoms with Crippen LogP contribution in [0.25, 0.3) is 11.1 Å². The van der Waals surface area contributed by atoms with Crippen LogP contribution in [0.4, 0.5) is 14.9 Å². The molecule has 0 spiro atoms. The van der Waals surface area contributed by atoms with E-state index < -0.39 is 29.7 Å². The molecule has 1 aliphatic rings. The molecule has 1 unspecified atom stereocenters. The highest BCUT2D eigenvalue weighted by Crippen LogP contribution is 2.44. The second-order valence-corrected chi connectivity index (χ2v) is 8.10. The Balaban J connectivity index is 1.31. The van der Waals surface area contributed by atoms with Gasteiger partial charge in [0, 0.05) is 12.5 Å². The van der Waals surface area contributed by atoms with Crippen LogP contribution in [0, 0.1) is 11.7 Å². The lowest BCUT2D eigenvalue weighted by molar-refractivity contribution is -0.119. The van der Waals surface area contributed by atoms with E-state index in [9.17, 15) is 18.8 Å². The van der Waals surface area contributed by atoms with Crippen LogP contribution in [0.1, 0.15) is 34.3 Å². The van der Waals surface area contributed by atoms with Gasteiger partial charge in [0.25, 0.3) is 0 Å². The van der Waals surface area contributed by atoms with Crippen LogP contribution in [0.5, 0.6) is 0 Å². The Labute approximate surface area is 195 Å². The number of fused-ring (bicyclic) bond motifs is 3. The summed E-state index contributed by atoms with van der Waals surface area (Å²) in [5.41, 5.74) is 4.04. The highest BCUT2D eigenvalue weighted by atomic mass is 19.1. The van der Waals surface area contributed by atoms with Gasteiger partial charge in [-0.2, -0.15) is 0 Å². The summed E-state index contributed by atoms with van der Waals surface area (Å²) in [6.45, 7) is 1.66. The third-order valence-corrected chi connectivity index (χ3v) is 5.82. The van der Waals surface area contributed by atoms with Crippen LogP contribution in [0.3, 0.4) is 0 Å². The van der Waals surface area contributed by atoms with E-state index in [-0.39, 0.29) is 30.3 Å². The molecule has 0 radical (unpaired) electrons. The van der Waals surface area contributed by atoms with E-state index in [0.717, 1.165) is 40.5 Å². The monoisotopic (exact) mass is 462 g/mol. The first kappa shape index (κ1) is 23.0. The Kier molecular flexibility index (Phi) is 6.58. The maximum Gasteiger partial charge on any atom is 0.407 e. The van der Waals surface area contributed by atoms with Gasteiger partial charge in [0.1, 0.15) is 12.4 Å². The fourth-order valence-corrected chi connectivity index (χ4v) is 3.99. The second kappa shape index (κ2) is 9.74. The van der Waals surface area contributed by atoms with Crippen LogP contribution in [0.15, 0.2) is 66.7 Å². The minimum Gasteiger partial charge on any atom is -0.478 e. The van der Waals surface area contributed by atoms with E-state index in [2.05, 4.69) is 10.6 Å². The second-order valence-electron chi connectivity index (χ2n) is 8.10. The molecule has 34 heavy (non-hydrogen) atoms. The van der Waals surface area contributed by atoms with E-state index >= 15 is 0 Å². The predicted molar refractivity (Wildman–Crippen MR) is 124 cm³/mol. The molecule has 0 heterocycles. The van der Waals surface area contributed by atoms with Crippen LogP contribution in [0.2, 0.25) is 0 Å². The Morgan fingerprint density at radius 2 is 1.62 bits per heavy atom. The number of aromatic carboxylic acids is 1. The first-order valence-corrected chi connectivity index (χ1v) is 10.8. The number of halogens is 1. The van der Waals surface area contributed by atoms with Gasteiger partial charge in [-0.3, -0.25) is 4.79 Å². The maximum atomic E-state index is 13.9. The van der Waals surface area contributed by atoms with Crippen LogP contribution < -0.4 is 10.6 Å². The molecule has 3 aromatic carbocycles. The molecule has 0 bridgehead atoms. The number of rotatable bonds is 7. The summed E-state index contributed by atoms with van der Waals surface area (Å²) in [7, 11) is 0. The average molecular weight is 462 g/mol. The Bertz CT molecular complexity index is 1210. The minimum atomic E-state index is -1.24. The van der Waals surface area contributed by atoms with Crippen molar-refractivity contribution in [2.24, 2.45) is 5.92 Å². The number of carboxylic acid groups (broad SMARTS) is 1. The lowest BCUT2D eigenvalue weighted by atomic mass is 9.98. The molecule has 0 fully saturated rings. The highest BCUT2D eigenvalue weighted by Gasteiger charge is 2.29. The third-order valence-electron chi connectivity index (χ3n) is 5.82. The van der Waals surface area contributed by atoms with Crippen molar-refractivity contribution in [3.63, 3.8) is 0 Å². The minimum absolute atomic E-state index is 0.0389. The van der Waals surface area contributed by atoms with Gasteiger partial charge < -0.3 is 20.5 Å². The number of anilines is 1. The van der Waals surface area contributed by atoms with Crippen molar-refractivity contribution in [3.05, 3.63) is 89.2 Å². The molecule has 174 valence electrons. The van der Waals surface area contributed by atoms with Crippen LogP contribution in [-0.2, 0) is 9.53 Å². The number of hydrogen-bond donors (Lipinski definition) is 3. The molecule has 0 aliphatic heterocycles. The standard InChI is InChI=1S/C26H23FN2O5/c1-15(24(30)29-23-12-16(25(31)32)10-11-22(23)27)13-28-26(33)34-14-21-19-8-4-2-6-17(19)18-7-3-5-9-20(18)21/h2-12,15,21H,13-14H2,1H3,(H,28,33)(H,29,30)(H,31,32). The molecular weight excluding hydrogens is 439 g/mol. The molecule has 3 aromatic rings. The van der Waals surface area contributed by atoms with Gasteiger partial charge in [0.15, 0.2) is 0 Å². The van der Waals surface area contributed by atoms with E-state index in [4.69, 9.17) is 9.84 Å². The quantitative estimate of drug-likeness (QED) is 0.475. The maximum absolute atomic E-state index is 13.9. The number of benzene rings is 3. The van der Waals surface area contributed by atoms with Gasteiger partial charge in [-0.25, -0.2) is 14.0 Å². The zero-order valence-electron chi connectivity index (χ0n) is 18.4. The fraction of sp³-hybridized carbons (Fsp3) is 0.192. The first-order chi connectivity index (χ1) is 16.3. The summed E-state index contributed by atoms with van der Waals surface area (Å²) in [5, 5.41) is 13.9. The summed E-state index contributed by atoms with van der Waals surface area (Å²) in [6.07, 6.45) is -0.666. The Morgan fingerprint density at radius 1 is 1.00 bits per heavy atom. The number of carbonyl (C=O) groups is 3. The predicted octanol–water partition coefficient (Wildman–Crippen LogP) is 4.64. The Hall–Kier alpha value is -4.20. The third kappa shape index (κ3) is 4.76. The molecule has 2 amide bonds. The van der Waals surface area contributed by atoms with Crippen molar-refractivity contribution >= 4 is 23.7 Å². The van der Waals surface area contributed by atoms with Crippen molar-refractivity contribution in [2.75, 3.05) is 18.5 Å². The van der Waals surface area contributed by atoms with Gasteiger partial charge in [-0.1, -0.05) is 55.5 Å². The number of carboxylic acids is 1. The van der Waals surface area contributed by atoms with Gasteiger partial charge in [0.05, 0.1) is 17.2 Å². The summed E-state index contributed by atoms with van der Waals surface area (Å²) in [4.78, 5) is 35.7. The largest absolute Gasteiger partial charge is 0.478 e. The summed E-state index contributed by atoms with van der Waals surface area (Å²) < 4.78 is 19.4. The topological polar surface area (TPSA) is 105 Å². The van der Waals surface area contributed by atoms with Crippen molar-refractivity contribution in [1.29, 1.82) is 0 Å². The Morgan fingerprint density at radius 3 is 2.24 bits per heavy atom. The molecule has 4 rings (SSSR count). The van der Waals surface area contributed by atoms with Gasteiger partial charge in [-0.05, 0) is 40.5 Å². The van der Waals surface area contributed by atoms with Gasteiger partial charge >= 0.3 is 12.1 Å². The number of ether oxygens (including phenoxy) is 1. The molecule has 3 N–H and O–H groups in total. The molecular formula is C26H23FN2O5. The van der Waals surface area contributed by atoms with Crippen LogP contribution >= 0.6 is 0 Å². The molecule has 0 aromatic heterocycles. The van der Waals surface area contributed by atoms with Gasteiger partial charge in [0.2, 0.25) is 5.91 Å². The van der Waals surface area contributed by atoms with E-state index in [1.165, 1.54) is 0 Å². The van der Waals surface area contributed by atoms with Crippen molar-refractivity contribution in [2.45, 2.75) is 12.8 Å². The van der Waals surface area contributed by atoms with Crippen molar-refractivity contribution in [3.8, 4) is 11.1 Å². The SMILES string of the molecule is CC(CNC(=O)OCC1c2ccccc2-c2ccccc21)C(=O)Nc1cc(C(=O)O)ccc1F. The van der Waals surface area contributed by atoms with E-state index in [0.29, 0.717) is 0 Å². The molecule has 1 atom stereocenters. The van der Waals surface area contributed by atoms with Crippen LogP contribution in [-0.4, -0.2) is 36.2 Å². The van der Waals surface area contributed by atoms with E-state index in [1.807, 2.05) is 48.5 Å². The average Bonchev–Trinajstić information content (AvgIpc) is 3.16. The fourth-order valence-electron chi connectivity index (χ4n) is 3.99. The van der Waals surface area contributed by atoms with Crippen molar-refractivity contribution in [1.82, 2.24) is 5.32 Å². The molecule has 1 aliphatic carbocycles. The van der Waals surface area contributed by atoms with Crippen molar-refractivity contribution < 1.29 is 28.6 Å². The number of hydrogen-bond acceptors (Lipinski definition) is 4. The summed E-state index contributed by atoms with van der Waals surface area (Å²) in [5.74, 6) is -3.35. The molecule has 7 nitrogen and oxygen atoms in total. The first-order valence-electron chi connectivity index (χ1n) is 10.8. The molecule has 8 heteroatoms. The number of carbonyl (C=O) groups excluding carboxylic acids is 2.